The maximum atomic E-state index is 12.4. The van der Waals surface area contributed by atoms with Crippen LogP contribution >= 0.6 is 58.2 Å². The molecule has 23 heavy (non-hydrogen) atoms. The molecule has 0 spiro atoms. The van der Waals surface area contributed by atoms with Crippen molar-refractivity contribution in [2.45, 2.75) is 34.6 Å². The lowest BCUT2D eigenvalue weighted by molar-refractivity contribution is -0.160. The van der Waals surface area contributed by atoms with E-state index in [0.717, 1.165) is 11.5 Å². The maximum absolute atomic E-state index is 12.4. The van der Waals surface area contributed by atoms with E-state index >= 15 is 0 Å². The number of alkyl halides is 4. The molecule has 2 aliphatic rings. The Labute approximate surface area is 158 Å². The van der Waals surface area contributed by atoms with Crippen molar-refractivity contribution in [2.75, 3.05) is 12.5 Å². The number of β-lactam (4-membered cyclic amide) rings is 1. The molecule has 2 rings (SSSR count). The molecule has 0 aromatic rings. The van der Waals surface area contributed by atoms with Crippen LogP contribution in [0.3, 0.4) is 0 Å². The predicted molar refractivity (Wildman–Crippen MR) is 94.6 cm³/mol. The minimum Gasteiger partial charge on any atom is -0.459 e. The Balaban J connectivity index is 2.13. The zero-order chi connectivity index (χ0) is 17.4. The molecule has 0 aromatic carbocycles. The Bertz CT molecular complexity index is 564. The fraction of sp³-hybridized carbons (Fsp3) is 0.615. The number of nitrogens with zero attached hydrogens (tertiary/aromatic N) is 2. The summed E-state index contributed by atoms with van der Waals surface area (Å²) in [6.07, 6.45) is 0.734. The molecule has 1 saturated heterocycles. The summed E-state index contributed by atoms with van der Waals surface area (Å²) in [4.78, 5) is 30.4. The summed E-state index contributed by atoms with van der Waals surface area (Å²) < 4.78 is 3.27. The van der Waals surface area contributed by atoms with Gasteiger partial charge in [-0.3, -0.25) is 9.79 Å². The van der Waals surface area contributed by atoms with Gasteiger partial charge in [0.25, 0.3) is 5.91 Å². The van der Waals surface area contributed by atoms with Crippen molar-refractivity contribution in [2.24, 2.45) is 4.99 Å². The van der Waals surface area contributed by atoms with Crippen LogP contribution in [0, 0.1) is 0 Å². The number of amides is 1. The van der Waals surface area contributed by atoms with Gasteiger partial charge in [-0.1, -0.05) is 60.1 Å². The fourth-order valence-electron chi connectivity index (χ4n) is 2.27. The van der Waals surface area contributed by atoms with Crippen LogP contribution in [-0.4, -0.2) is 55.6 Å². The molecule has 128 valence electrons. The summed E-state index contributed by atoms with van der Waals surface area (Å²) in [5.41, 5.74) is 0.346. The number of esters is 1. The van der Waals surface area contributed by atoms with Crippen LogP contribution in [0.4, 0.5) is 0 Å². The Hall–Kier alpha value is -0.140. The van der Waals surface area contributed by atoms with Gasteiger partial charge in [0.05, 0.1) is 5.04 Å². The third-order valence-electron chi connectivity index (χ3n) is 3.33. The lowest BCUT2D eigenvalue weighted by atomic mass is 10.00. The lowest BCUT2D eigenvalue weighted by Gasteiger charge is -2.45. The van der Waals surface area contributed by atoms with Gasteiger partial charge in [-0.05, 0) is 12.0 Å². The smallest absolute Gasteiger partial charge is 0.333 e. The molecule has 0 saturated carbocycles. The second kappa shape index (κ2) is 7.40. The SMILES string of the molecule is C=C(CCl)C(C(=O)OCC(Cl)(Cl)Cl)N1C(=O)C2N=C(CC)SC21. The van der Waals surface area contributed by atoms with Gasteiger partial charge in [0.15, 0.2) is 12.1 Å². The Morgan fingerprint density at radius 3 is 2.70 bits per heavy atom. The van der Waals surface area contributed by atoms with Crippen molar-refractivity contribution in [3.8, 4) is 0 Å². The molecule has 1 fully saturated rings. The van der Waals surface area contributed by atoms with E-state index in [4.69, 9.17) is 51.1 Å². The van der Waals surface area contributed by atoms with Crippen LogP contribution in [0.15, 0.2) is 17.1 Å². The molecular weight excluding hydrogens is 406 g/mol. The van der Waals surface area contributed by atoms with Crippen LogP contribution in [0.5, 0.6) is 0 Å². The van der Waals surface area contributed by atoms with E-state index in [1.165, 1.54) is 16.7 Å². The second-order valence-electron chi connectivity index (χ2n) is 4.99. The quantitative estimate of drug-likeness (QED) is 0.287. The summed E-state index contributed by atoms with van der Waals surface area (Å²) in [7, 11) is 0. The highest BCUT2D eigenvalue weighted by molar-refractivity contribution is 8.14. The number of thioether (sulfide) groups is 1. The van der Waals surface area contributed by atoms with Crippen LogP contribution in [0.25, 0.3) is 0 Å². The first-order valence-corrected chi connectivity index (χ1v) is 9.27. The van der Waals surface area contributed by atoms with Gasteiger partial charge in [0, 0.05) is 5.88 Å². The standard InChI is InChI=1S/C13H14Cl4N2O3S/c1-3-7-18-8-10(20)19(11(8)23-7)9(6(2)4-14)12(21)22-5-13(15,16)17/h8-9,11H,2-5H2,1H3. The van der Waals surface area contributed by atoms with Crippen molar-refractivity contribution in [3.05, 3.63) is 12.2 Å². The van der Waals surface area contributed by atoms with Crippen molar-refractivity contribution in [1.29, 1.82) is 0 Å². The number of ether oxygens (including phenoxy) is 1. The highest BCUT2D eigenvalue weighted by Gasteiger charge is 2.56. The van der Waals surface area contributed by atoms with Crippen molar-refractivity contribution < 1.29 is 14.3 Å². The van der Waals surface area contributed by atoms with Crippen LogP contribution in [0.2, 0.25) is 0 Å². The molecule has 0 radical (unpaired) electrons. The van der Waals surface area contributed by atoms with E-state index in [0.29, 0.717) is 5.57 Å². The highest BCUT2D eigenvalue weighted by Crippen LogP contribution is 2.42. The lowest BCUT2D eigenvalue weighted by Crippen LogP contribution is -2.66. The Kier molecular flexibility index (Phi) is 6.17. The minimum absolute atomic E-state index is 0.000853. The highest BCUT2D eigenvalue weighted by atomic mass is 35.6. The van der Waals surface area contributed by atoms with Crippen molar-refractivity contribution >= 4 is 75.1 Å². The summed E-state index contributed by atoms with van der Waals surface area (Å²) in [5.74, 6) is -0.978. The first-order chi connectivity index (χ1) is 10.7. The van der Waals surface area contributed by atoms with Gasteiger partial charge in [-0.15, -0.1) is 11.6 Å². The molecular formula is C13H14Cl4N2O3S. The average Bonchev–Trinajstić information content (AvgIpc) is 2.88. The number of hydrogen-bond acceptors (Lipinski definition) is 5. The number of carbonyl (C=O) groups is 2. The molecule has 2 heterocycles. The van der Waals surface area contributed by atoms with E-state index in [9.17, 15) is 9.59 Å². The maximum Gasteiger partial charge on any atom is 0.333 e. The van der Waals surface area contributed by atoms with Crippen LogP contribution in [-0.2, 0) is 14.3 Å². The zero-order valence-electron chi connectivity index (χ0n) is 12.1. The molecule has 5 nitrogen and oxygen atoms in total. The molecule has 0 N–H and O–H groups in total. The normalized spacial score (nSPS) is 24.7. The average molecular weight is 420 g/mol. The molecule has 0 aromatic heterocycles. The molecule has 10 heteroatoms. The minimum atomic E-state index is -1.73. The summed E-state index contributed by atoms with van der Waals surface area (Å²) in [6.45, 7) is 5.28. The summed E-state index contributed by atoms with van der Waals surface area (Å²) >= 11 is 24.0. The Morgan fingerprint density at radius 2 is 2.17 bits per heavy atom. The van der Waals surface area contributed by atoms with E-state index in [1.807, 2.05) is 6.92 Å². The van der Waals surface area contributed by atoms with Crippen molar-refractivity contribution in [3.63, 3.8) is 0 Å². The Morgan fingerprint density at radius 1 is 1.52 bits per heavy atom. The van der Waals surface area contributed by atoms with Gasteiger partial charge in [-0.2, -0.15) is 0 Å². The molecule has 1 amide bonds. The number of likely N-dealkylation sites (tertiary alicyclic amines) is 1. The van der Waals surface area contributed by atoms with Crippen molar-refractivity contribution in [1.82, 2.24) is 4.90 Å². The second-order valence-corrected chi connectivity index (χ2v) is 8.97. The van der Waals surface area contributed by atoms with Gasteiger partial charge >= 0.3 is 5.97 Å². The molecule has 3 atom stereocenters. The molecule has 2 aliphatic heterocycles. The fourth-order valence-corrected chi connectivity index (χ4v) is 3.84. The largest absolute Gasteiger partial charge is 0.459 e. The number of fused-ring (bicyclic) bond motifs is 1. The number of carbonyl (C=O) groups excluding carboxylic acids is 2. The summed E-state index contributed by atoms with van der Waals surface area (Å²) in [5, 5.41) is 0.628. The molecule has 3 unspecified atom stereocenters. The van der Waals surface area contributed by atoms with E-state index in [2.05, 4.69) is 11.6 Å². The van der Waals surface area contributed by atoms with Gasteiger partial charge < -0.3 is 9.64 Å². The third kappa shape index (κ3) is 4.10. The first-order valence-electron chi connectivity index (χ1n) is 6.72. The first kappa shape index (κ1) is 19.2. The van der Waals surface area contributed by atoms with E-state index in [-0.39, 0.29) is 17.2 Å². The van der Waals surface area contributed by atoms with Crippen LogP contribution in [0.1, 0.15) is 13.3 Å². The number of hydrogen-bond donors (Lipinski definition) is 0. The number of halogens is 4. The van der Waals surface area contributed by atoms with Crippen LogP contribution < -0.4 is 0 Å². The van der Waals surface area contributed by atoms with Gasteiger partial charge in [0.2, 0.25) is 3.79 Å². The van der Waals surface area contributed by atoms with E-state index in [1.54, 1.807) is 0 Å². The number of rotatable bonds is 6. The van der Waals surface area contributed by atoms with Gasteiger partial charge in [-0.25, -0.2) is 4.79 Å². The summed E-state index contributed by atoms with van der Waals surface area (Å²) in [6, 6.07) is -1.46. The third-order valence-corrected chi connectivity index (χ3v) is 5.40. The molecule has 0 bridgehead atoms. The topological polar surface area (TPSA) is 59.0 Å². The van der Waals surface area contributed by atoms with E-state index < -0.39 is 28.5 Å². The van der Waals surface area contributed by atoms with Gasteiger partial charge in [0.1, 0.15) is 12.0 Å². The zero-order valence-corrected chi connectivity index (χ0v) is 15.9. The monoisotopic (exact) mass is 418 g/mol. The molecule has 0 aliphatic carbocycles. The predicted octanol–water partition coefficient (Wildman–Crippen LogP) is 3.16. The number of aliphatic imine (C=N–C) groups is 1.